The minimum atomic E-state index is -0.0585. The standard InChI is InChI=1S/C15H15N5O/c1-11(13-4-3-6-16-9-13)19(2)15(21)12-5-7-20-14(8-12)17-10-18-20/h3-11H,1-2H3. The molecule has 0 aliphatic heterocycles. The first-order chi connectivity index (χ1) is 10.2. The average molecular weight is 281 g/mol. The first kappa shape index (κ1) is 13.2. The Morgan fingerprint density at radius 3 is 3.00 bits per heavy atom. The maximum absolute atomic E-state index is 12.6. The highest BCUT2D eigenvalue weighted by Gasteiger charge is 2.19. The number of aromatic nitrogens is 4. The summed E-state index contributed by atoms with van der Waals surface area (Å²) in [5.74, 6) is -0.0585. The van der Waals surface area contributed by atoms with Crippen LogP contribution in [-0.2, 0) is 0 Å². The SMILES string of the molecule is CC(c1cccnc1)N(C)C(=O)c1ccn2ncnc2c1. The van der Waals surface area contributed by atoms with Crippen molar-refractivity contribution in [1.82, 2.24) is 24.5 Å². The average Bonchev–Trinajstić information content (AvgIpc) is 3.01. The molecule has 0 aromatic carbocycles. The summed E-state index contributed by atoms with van der Waals surface area (Å²) in [6.07, 6.45) is 6.69. The number of rotatable bonds is 3. The summed E-state index contributed by atoms with van der Waals surface area (Å²) < 4.78 is 1.63. The Labute approximate surface area is 122 Å². The van der Waals surface area contributed by atoms with Crippen molar-refractivity contribution in [3.63, 3.8) is 0 Å². The maximum atomic E-state index is 12.6. The fourth-order valence-electron chi connectivity index (χ4n) is 2.17. The molecule has 3 aromatic rings. The van der Waals surface area contributed by atoms with Gasteiger partial charge in [0.05, 0.1) is 6.04 Å². The van der Waals surface area contributed by atoms with Crippen LogP contribution in [0.15, 0.2) is 49.2 Å². The van der Waals surface area contributed by atoms with Gasteiger partial charge in [-0.25, -0.2) is 9.50 Å². The van der Waals surface area contributed by atoms with E-state index in [0.29, 0.717) is 11.2 Å². The van der Waals surface area contributed by atoms with Crippen molar-refractivity contribution in [3.05, 3.63) is 60.3 Å². The second-order valence-corrected chi connectivity index (χ2v) is 4.86. The minimum Gasteiger partial charge on any atom is -0.335 e. The van der Waals surface area contributed by atoms with Crippen LogP contribution < -0.4 is 0 Å². The molecule has 1 amide bonds. The molecular weight excluding hydrogens is 266 g/mol. The summed E-state index contributed by atoms with van der Waals surface area (Å²) in [7, 11) is 1.79. The van der Waals surface area contributed by atoms with Gasteiger partial charge in [0.1, 0.15) is 6.33 Å². The van der Waals surface area contributed by atoms with Crippen LogP contribution in [0.2, 0.25) is 0 Å². The zero-order valence-corrected chi connectivity index (χ0v) is 11.8. The van der Waals surface area contributed by atoms with E-state index in [1.807, 2.05) is 19.1 Å². The number of fused-ring (bicyclic) bond motifs is 1. The van der Waals surface area contributed by atoms with Crippen LogP contribution in [0.25, 0.3) is 5.65 Å². The largest absolute Gasteiger partial charge is 0.335 e. The highest BCUT2D eigenvalue weighted by atomic mass is 16.2. The molecule has 106 valence electrons. The van der Waals surface area contributed by atoms with Crippen LogP contribution in [0.3, 0.4) is 0 Å². The highest BCUT2D eigenvalue weighted by Crippen LogP contribution is 2.20. The molecule has 21 heavy (non-hydrogen) atoms. The van der Waals surface area contributed by atoms with Crippen molar-refractivity contribution in [2.24, 2.45) is 0 Å². The van der Waals surface area contributed by atoms with E-state index in [1.54, 1.807) is 47.2 Å². The van der Waals surface area contributed by atoms with Gasteiger partial charge < -0.3 is 4.90 Å². The van der Waals surface area contributed by atoms with Crippen molar-refractivity contribution in [2.45, 2.75) is 13.0 Å². The Morgan fingerprint density at radius 2 is 2.24 bits per heavy atom. The second-order valence-electron chi connectivity index (χ2n) is 4.86. The van der Waals surface area contributed by atoms with E-state index in [2.05, 4.69) is 15.1 Å². The molecule has 3 rings (SSSR count). The summed E-state index contributed by atoms with van der Waals surface area (Å²) >= 11 is 0. The van der Waals surface area contributed by atoms with Gasteiger partial charge in [0.15, 0.2) is 5.65 Å². The van der Waals surface area contributed by atoms with Crippen LogP contribution >= 0.6 is 0 Å². The zero-order chi connectivity index (χ0) is 14.8. The molecule has 1 unspecified atom stereocenters. The molecule has 3 heterocycles. The zero-order valence-electron chi connectivity index (χ0n) is 11.8. The van der Waals surface area contributed by atoms with Gasteiger partial charge in [-0.15, -0.1) is 0 Å². The summed E-state index contributed by atoms with van der Waals surface area (Å²) in [5, 5.41) is 4.02. The summed E-state index contributed by atoms with van der Waals surface area (Å²) in [6, 6.07) is 7.26. The molecular formula is C15H15N5O. The molecule has 6 heteroatoms. The number of nitrogens with zero attached hydrogens (tertiary/aromatic N) is 5. The monoisotopic (exact) mass is 281 g/mol. The van der Waals surface area contributed by atoms with Crippen LogP contribution in [0.1, 0.15) is 28.9 Å². The predicted octanol–water partition coefficient (Wildman–Crippen LogP) is 1.96. The molecule has 0 saturated heterocycles. The number of amides is 1. The van der Waals surface area contributed by atoms with Gasteiger partial charge in [-0.1, -0.05) is 6.07 Å². The van der Waals surface area contributed by atoms with Gasteiger partial charge >= 0.3 is 0 Å². The lowest BCUT2D eigenvalue weighted by Crippen LogP contribution is -2.29. The summed E-state index contributed by atoms with van der Waals surface area (Å²) in [4.78, 5) is 22.5. The Bertz CT molecular complexity index is 768. The number of pyridine rings is 2. The maximum Gasteiger partial charge on any atom is 0.254 e. The van der Waals surface area contributed by atoms with Crippen molar-refractivity contribution in [2.75, 3.05) is 7.05 Å². The lowest BCUT2D eigenvalue weighted by molar-refractivity contribution is 0.0742. The third kappa shape index (κ3) is 2.47. The van der Waals surface area contributed by atoms with E-state index in [1.165, 1.54) is 6.33 Å². The van der Waals surface area contributed by atoms with Crippen molar-refractivity contribution in [1.29, 1.82) is 0 Å². The van der Waals surface area contributed by atoms with Crippen molar-refractivity contribution in [3.8, 4) is 0 Å². The summed E-state index contributed by atoms with van der Waals surface area (Å²) in [5.41, 5.74) is 2.24. The lowest BCUT2D eigenvalue weighted by atomic mass is 10.1. The Morgan fingerprint density at radius 1 is 1.38 bits per heavy atom. The van der Waals surface area contributed by atoms with Crippen LogP contribution in [0.4, 0.5) is 0 Å². The van der Waals surface area contributed by atoms with E-state index < -0.39 is 0 Å². The highest BCUT2D eigenvalue weighted by molar-refractivity contribution is 5.95. The number of hydrogen-bond acceptors (Lipinski definition) is 4. The quantitative estimate of drug-likeness (QED) is 0.736. The van der Waals surface area contributed by atoms with Crippen molar-refractivity contribution >= 4 is 11.6 Å². The van der Waals surface area contributed by atoms with Gasteiger partial charge in [0.2, 0.25) is 0 Å². The van der Waals surface area contributed by atoms with Gasteiger partial charge in [-0.2, -0.15) is 5.10 Å². The molecule has 0 fully saturated rings. The Kier molecular flexibility index (Phi) is 3.35. The third-order valence-corrected chi connectivity index (χ3v) is 3.60. The fourth-order valence-corrected chi connectivity index (χ4v) is 2.17. The molecule has 0 aliphatic rings. The predicted molar refractivity (Wildman–Crippen MR) is 77.7 cm³/mol. The summed E-state index contributed by atoms with van der Waals surface area (Å²) in [6.45, 7) is 1.98. The van der Waals surface area contributed by atoms with Crippen molar-refractivity contribution < 1.29 is 4.79 Å². The molecule has 0 bridgehead atoms. The normalized spacial score (nSPS) is 12.3. The number of hydrogen-bond donors (Lipinski definition) is 0. The van der Waals surface area contributed by atoms with Gasteiger partial charge in [0.25, 0.3) is 5.91 Å². The van der Waals surface area contributed by atoms with Gasteiger partial charge in [0, 0.05) is 31.2 Å². The van der Waals surface area contributed by atoms with E-state index in [0.717, 1.165) is 5.56 Å². The molecule has 0 aliphatic carbocycles. The Hall–Kier alpha value is -2.76. The first-order valence-electron chi connectivity index (χ1n) is 6.63. The van der Waals surface area contributed by atoms with E-state index in [4.69, 9.17) is 0 Å². The molecule has 0 N–H and O–H groups in total. The lowest BCUT2D eigenvalue weighted by Gasteiger charge is -2.25. The molecule has 0 spiro atoms. The first-order valence-corrected chi connectivity index (χ1v) is 6.63. The fraction of sp³-hybridized carbons (Fsp3) is 0.200. The third-order valence-electron chi connectivity index (χ3n) is 3.60. The van der Waals surface area contributed by atoms with Crippen LogP contribution in [-0.4, -0.2) is 37.4 Å². The Balaban J connectivity index is 1.86. The molecule has 0 saturated carbocycles. The smallest absolute Gasteiger partial charge is 0.254 e. The van der Waals surface area contributed by atoms with Gasteiger partial charge in [-0.3, -0.25) is 9.78 Å². The van der Waals surface area contributed by atoms with Crippen LogP contribution in [0, 0.1) is 0 Å². The number of carbonyl (C=O) groups excluding carboxylic acids is 1. The minimum absolute atomic E-state index is 0.0553. The molecule has 0 radical (unpaired) electrons. The number of carbonyl (C=O) groups is 1. The molecule has 6 nitrogen and oxygen atoms in total. The molecule has 1 atom stereocenters. The van der Waals surface area contributed by atoms with E-state index >= 15 is 0 Å². The van der Waals surface area contributed by atoms with E-state index in [9.17, 15) is 4.79 Å². The second kappa shape index (κ2) is 5.32. The van der Waals surface area contributed by atoms with E-state index in [-0.39, 0.29) is 11.9 Å². The topological polar surface area (TPSA) is 63.4 Å². The van der Waals surface area contributed by atoms with Crippen LogP contribution in [0.5, 0.6) is 0 Å². The molecule has 3 aromatic heterocycles. The van der Waals surface area contributed by atoms with Gasteiger partial charge in [-0.05, 0) is 30.7 Å².